The van der Waals surface area contributed by atoms with Gasteiger partial charge in [0.1, 0.15) is 6.10 Å². The number of nitrogens with one attached hydrogen (secondary N) is 2. The van der Waals surface area contributed by atoms with E-state index in [0.29, 0.717) is 17.8 Å². The van der Waals surface area contributed by atoms with Crippen LogP contribution in [0.15, 0.2) is 24.3 Å². The molecule has 0 aromatic heterocycles. The lowest BCUT2D eigenvalue weighted by Crippen LogP contribution is -2.36. The third kappa shape index (κ3) is 7.69. The Kier molecular flexibility index (Phi) is 10.7. The molecule has 1 unspecified atom stereocenters. The maximum Gasteiger partial charge on any atom is 0.253 e. The van der Waals surface area contributed by atoms with Gasteiger partial charge >= 0.3 is 0 Å². The average Bonchev–Trinajstić information content (AvgIpc) is 2.51. The third-order valence-corrected chi connectivity index (χ3v) is 3.73. The molecule has 0 aliphatic carbocycles. The van der Waals surface area contributed by atoms with E-state index in [1.54, 1.807) is 43.0 Å². The van der Waals surface area contributed by atoms with E-state index >= 15 is 0 Å². The van der Waals surface area contributed by atoms with Crippen LogP contribution in [0.2, 0.25) is 0 Å². The number of nitrogens with two attached hydrogens (primary N) is 1. The first-order chi connectivity index (χ1) is 10.5. The molecule has 0 radical (unpaired) electrons. The Labute approximate surface area is 147 Å². The minimum Gasteiger partial charge on any atom is -0.372 e. The number of methoxy groups -OCH3 is 1. The van der Waals surface area contributed by atoms with E-state index < -0.39 is 12.1 Å². The first-order valence-electron chi connectivity index (χ1n) is 6.97. The number of thioether (sulfide) groups is 1. The predicted octanol–water partition coefficient (Wildman–Crippen LogP) is 2.10. The van der Waals surface area contributed by atoms with Crippen molar-refractivity contribution in [2.75, 3.05) is 29.8 Å². The summed E-state index contributed by atoms with van der Waals surface area (Å²) in [6.45, 7) is 1.66. The Bertz CT molecular complexity index is 516. The molecule has 0 aliphatic heterocycles. The molecule has 1 aromatic rings. The van der Waals surface area contributed by atoms with Crippen LogP contribution in [0.5, 0.6) is 0 Å². The van der Waals surface area contributed by atoms with Crippen molar-refractivity contribution in [3.8, 4) is 0 Å². The van der Waals surface area contributed by atoms with Crippen molar-refractivity contribution in [2.24, 2.45) is 5.73 Å². The number of rotatable bonds is 8. The van der Waals surface area contributed by atoms with Gasteiger partial charge in [0.25, 0.3) is 5.91 Å². The smallest absolute Gasteiger partial charge is 0.253 e. The summed E-state index contributed by atoms with van der Waals surface area (Å²) < 4.78 is 4.95. The van der Waals surface area contributed by atoms with Crippen LogP contribution >= 0.6 is 24.2 Å². The van der Waals surface area contributed by atoms with Crippen molar-refractivity contribution < 1.29 is 14.3 Å². The molecule has 2 atom stereocenters. The van der Waals surface area contributed by atoms with E-state index in [2.05, 4.69) is 10.6 Å². The highest BCUT2D eigenvalue weighted by Gasteiger charge is 2.14. The number of anilines is 2. The fourth-order valence-electron chi connectivity index (χ4n) is 1.64. The number of carbonyl (C=O) groups excluding carboxylic acids is 2. The van der Waals surface area contributed by atoms with E-state index in [1.165, 1.54) is 7.11 Å². The quantitative estimate of drug-likeness (QED) is 0.659. The van der Waals surface area contributed by atoms with Gasteiger partial charge in [-0.15, -0.1) is 12.4 Å². The Morgan fingerprint density at radius 3 is 2.35 bits per heavy atom. The first-order valence-corrected chi connectivity index (χ1v) is 8.36. The number of halogens is 1. The van der Waals surface area contributed by atoms with Crippen LogP contribution in [0, 0.1) is 0 Å². The summed E-state index contributed by atoms with van der Waals surface area (Å²) in [5.41, 5.74) is 6.99. The molecular weight excluding hydrogens is 338 g/mol. The molecule has 0 spiro atoms. The lowest BCUT2D eigenvalue weighted by atomic mass is 10.2. The van der Waals surface area contributed by atoms with Crippen molar-refractivity contribution in [1.29, 1.82) is 0 Å². The third-order valence-electron chi connectivity index (χ3n) is 3.09. The minimum atomic E-state index is -0.543. The molecule has 2 amide bonds. The topological polar surface area (TPSA) is 93.5 Å². The van der Waals surface area contributed by atoms with Crippen LogP contribution in [0.1, 0.15) is 13.3 Å². The molecule has 23 heavy (non-hydrogen) atoms. The minimum absolute atomic E-state index is 0. The Hall–Kier alpha value is -1.28. The normalized spacial score (nSPS) is 12.7. The molecule has 0 aliphatic rings. The molecule has 0 heterocycles. The van der Waals surface area contributed by atoms with Crippen LogP contribution in [0.25, 0.3) is 0 Å². The number of ether oxygens (including phenoxy) is 1. The molecule has 130 valence electrons. The van der Waals surface area contributed by atoms with Crippen molar-refractivity contribution in [3.05, 3.63) is 24.3 Å². The molecule has 1 rings (SSSR count). The van der Waals surface area contributed by atoms with E-state index in [-0.39, 0.29) is 24.2 Å². The Morgan fingerprint density at radius 2 is 1.83 bits per heavy atom. The van der Waals surface area contributed by atoms with Gasteiger partial charge in [-0.2, -0.15) is 11.8 Å². The van der Waals surface area contributed by atoms with Crippen LogP contribution in [0.4, 0.5) is 11.4 Å². The van der Waals surface area contributed by atoms with Gasteiger partial charge < -0.3 is 21.1 Å². The lowest BCUT2D eigenvalue weighted by molar-refractivity contribution is -0.124. The van der Waals surface area contributed by atoms with E-state index in [1.807, 2.05) is 6.26 Å². The van der Waals surface area contributed by atoms with Gasteiger partial charge in [0.15, 0.2) is 0 Å². The fraction of sp³-hybridized carbons (Fsp3) is 0.467. The van der Waals surface area contributed by atoms with Crippen molar-refractivity contribution in [2.45, 2.75) is 25.5 Å². The molecule has 0 saturated carbocycles. The lowest BCUT2D eigenvalue weighted by Gasteiger charge is -2.14. The highest BCUT2D eigenvalue weighted by molar-refractivity contribution is 7.98. The summed E-state index contributed by atoms with van der Waals surface area (Å²) in [4.78, 5) is 23.7. The van der Waals surface area contributed by atoms with Crippen LogP contribution < -0.4 is 16.4 Å². The second kappa shape index (κ2) is 11.3. The highest BCUT2D eigenvalue weighted by atomic mass is 35.5. The Morgan fingerprint density at radius 1 is 1.26 bits per heavy atom. The maximum absolute atomic E-state index is 12.0. The summed E-state index contributed by atoms with van der Waals surface area (Å²) in [6, 6.07) is 6.37. The SMILES string of the molecule is COC(C)C(=O)Nc1cccc(NC(=O)[C@@H](N)CCSC)c1.Cl. The number of amides is 2. The summed E-state index contributed by atoms with van der Waals surface area (Å²) in [6.07, 6.45) is 2.05. The number of hydrogen-bond donors (Lipinski definition) is 3. The van der Waals surface area contributed by atoms with E-state index in [0.717, 1.165) is 5.75 Å². The highest BCUT2D eigenvalue weighted by Crippen LogP contribution is 2.16. The number of hydrogen-bond acceptors (Lipinski definition) is 5. The predicted molar refractivity (Wildman–Crippen MR) is 98.4 cm³/mol. The summed E-state index contributed by atoms with van der Waals surface area (Å²) in [5.74, 6) is 0.352. The maximum atomic E-state index is 12.0. The zero-order valence-electron chi connectivity index (χ0n) is 13.5. The Balaban J connectivity index is 0.00000484. The van der Waals surface area contributed by atoms with Gasteiger partial charge in [-0.1, -0.05) is 6.07 Å². The molecule has 1 aromatic carbocycles. The van der Waals surface area contributed by atoms with Gasteiger partial charge in [0, 0.05) is 18.5 Å². The summed E-state index contributed by atoms with van der Waals surface area (Å²) in [5, 5.41) is 5.47. The standard InChI is InChI=1S/C15H23N3O3S.ClH/c1-10(21-2)14(19)17-11-5-4-6-12(9-11)18-15(20)13(16)7-8-22-3;/h4-6,9-10,13H,7-8,16H2,1-3H3,(H,17,19)(H,18,20);1H/t10?,13-;/m0./s1. The van der Waals surface area contributed by atoms with Crippen molar-refractivity contribution in [3.63, 3.8) is 0 Å². The van der Waals surface area contributed by atoms with E-state index in [9.17, 15) is 9.59 Å². The van der Waals surface area contributed by atoms with Gasteiger partial charge in [0.05, 0.1) is 6.04 Å². The zero-order valence-corrected chi connectivity index (χ0v) is 15.1. The first kappa shape index (κ1) is 21.7. The van der Waals surface area contributed by atoms with Gasteiger partial charge in [-0.05, 0) is 43.6 Å². The second-order valence-corrected chi connectivity index (χ2v) is 5.81. The second-order valence-electron chi connectivity index (χ2n) is 4.83. The van der Waals surface area contributed by atoms with Gasteiger partial charge in [-0.25, -0.2) is 0 Å². The van der Waals surface area contributed by atoms with Gasteiger partial charge in [0.2, 0.25) is 5.91 Å². The molecule has 8 heteroatoms. The summed E-state index contributed by atoms with van der Waals surface area (Å²) in [7, 11) is 1.47. The molecule has 0 fully saturated rings. The van der Waals surface area contributed by atoms with Gasteiger partial charge in [-0.3, -0.25) is 9.59 Å². The number of benzene rings is 1. The van der Waals surface area contributed by atoms with Crippen molar-refractivity contribution in [1.82, 2.24) is 0 Å². The van der Waals surface area contributed by atoms with Crippen molar-refractivity contribution >= 4 is 47.4 Å². The molecule has 6 nitrogen and oxygen atoms in total. The van der Waals surface area contributed by atoms with Crippen LogP contribution in [0.3, 0.4) is 0 Å². The monoisotopic (exact) mass is 361 g/mol. The largest absolute Gasteiger partial charge is 0.372 e. The van der Waals surface area contributed by atoms with Crippen LogP contribution in [-0.2, 0) is 14.3 Å². The summed E-state index contributed by atoms with van der Waals surface area (Å²) >= 11 is 1.65. The molecule has 0 bridgehead atoms. The fourth-order valence-corrected chi connectivity index (χ4v) is 2.13. The molecular formula is C15H24ClN3O3S. The van der Waals surface area contributed by atoms with E-state index in [4.69, 9.17) is 10.5 Å². The zero-order chi connectivity index (χ0) is 16.5. The average molecular weight is 362 g/mol. The van der Waals surface area contributed by atoms with Crippen LogP contribution in [-0.4, -0.2) is 43.1 Å². The molecule has 4 N–H and O–H groups in total. The number of carbonyl (C=O) groups is 2. The molecule has 0 saturated heterocycles.